The third-order valence-corrected chi connectivity index (χ3v) is 2.85. The zero-order chi connectivity index (χ0) is 11.9. The quantitative estimate of drug-likeness (QED) is 0.880. The Labute approximate surface area is 97.6 Å². The van der Waals surface area contributed by atoms with Crippen LogP contribution in [-0.2, 0) is 5.54 Å². The lowest BCUT2D eigenvalue weighted by atomic mass is 10.1. The van der Waals surface area contributed by atoms with Gasteiger partial charge in [0.05, 0.1) is 10.6 Å². The average Bonchev–Trinajstić information content (AvgIpc) is 2.62. The summed E-state index contributed by atoms with van der Waals surface area (Å²) in [6, 6.07) is 2.52. The molecule has 0 fully saturated rings. The minimum absolute atomic E-state index is 0.237. The normalized spacial score (nSPS) is 12.3. The van der Waals surface area contributed by atoms with Crippen LogP contribution in [0.25, 0.3) is 11.1 Å². The molecule has 0 radical (unpaired) electrons. The zero-order valence-corrected chi connectivity index (χ0v) is 10.0. The highest BCUT2D eigenvalue weighted by atomic mass is 35.5. The molecule has 2 aromatic rings. The fraction of sp³-hybridized carbons (Fsp3) is 0.364. The van der Waals surface area contributed by atoms with E-state index in [0.29, 0.717) is 17.0 Å². The number of hydrogen-bond acceptors (Lipinski definition) is 3. The van der Waals surface area contributed by atoms with Crippen molar-refractivity contribution in [1.82, 2.24) is 10.3 Å². The summed E-state index contributed by atoms with van der Waals surface area (Å²) in [6.07, 6.45) is 0. The SMILES string of the molecule is CNC(C)(C)c1nc2cc(F)cc(Cl)c2o1. The highest BCUT2D eigenvalue weighted by molar-refractivity contribution is 6.34. The highest BCUT2D eigenvalue weighted by Gasteiger charge is 2.25. The lowest BCUT2D eigenvalue weighted by Gasteiger charge is -2.18. The lowest BCUT2D eigenvalue weighted by molar-refractivity contribution is 0.338. The topological polar surface area (TPSA) is 38.1 Å². The maximum absolute atomic E-state index is 13.1. The van der Waals surface area contributed by atoms with Gasteiger partial charge in [-0.1, -0.05) is 11.6 Å². The third kappa shape index (κ3) is 1.79. The minimum atomic E-state index is -0.418. The molecule has 0 aliphatic heterocycles. The van der Waals surface area contributed by atoms with Crippen molar-refractivity contribution in [3.05, 3.63) is 28.9 Å². The van der Waals surface area contributed by atoms with Gasteiger partial charge in [0.2, 0.25) is 5.89 Å². The van der Waals surface area contributed by atoms with Crippen LogP contribution in [0.3, 0.4) is 0 Å². The summed E-state index contributed by atoms with van der Waals surface area (Å²) in [7, 11) is 1.80. The fourth-order valence-electron chi connectivity index (χ4n) is 1.33. The summed E-state index contributed by atoms with van der Waals surface area (Å²) in [5.74, 6) is 0.0668. The first-order valence-electron chi connectivity index (χ1n) is 4.89. The smallest absolute Gasteiger partial charge is 0.215 e. The molecule has 0 aliphatic rings. The van der Waals surface area contributed by atoms with Crippen molar-refractivity contribution in [3.8, 4) is 0 Å². The Morgan fingerprint density at radius 2 is 2.12 bits per heavy atom. The van der Waals surface area contributed by atoms with E-state index in [1.165, 1.54) is 12.1 Å². The second-order valence-electron chi connectivity index (χ2n) is 4.13. The molecular weight excluding hydrogens is 231 g/mol. The Hall–Kier alpha value is -1.13. The first kappa shape index (κ1) is 11.4. The Kier molecular flexibility index (Phi) is 2.64. The van der Waals surface area contributed by atoms with Crippen LogP contribution in [0, 0.1) is 5.82 Å². The van der Waals surface area contributed by atoms with E-state index in [1.807, 2.05) is 13.8 Å². The molecule has 1 aromatic carbocycles. The summed E-state index contributed by atoms with van der Waals surface area (Å²) in [4.78, 5) is 4.22. The Morgan fingerprint density at radius 3 is 2.75 bits per heavy atom. The van der Waals surface area contributed by atoms with Gasteiger partial charge in [-0.3, -0.25) is 0 Å². The highest BCUT2D eigenvalue weighted by Crippen LogP contribution is 2.29. The molecule has 0 spiro atoms. The first-order chi connectivity index (χ1) is 7.44. The van der Waals surface area contributed by atoms with Crippen LogP contribution in [0.5, 0.6) is 0 Å². The molecule has 86 valence electrons. The maximum atomic E-state index is 13.1. The van der Waals surface area contributed by atoms with Gasteiger partial charge in [0.1, 0.15) is 11.3 Å². The van der Waals surface area contributed by atoms with E-state index in [9.17, 15) is 4.39 Å². The monoisotopic (exact) mass is 242 g/mol. The number of aromatic nitrogens is 1. The molecule has 0 aliphatic carbocycles. The van der Waals surface area contributed by atoms with Crippen molar-refractivity contribution in [2.45, 2.75) is 19.4 Å². The number of benzene rings is 1. The molecule has 5 heteroatoms. The van der Waals surface area contributed by atoms with Crippen molar-refractivity contribution in [3.63, 3.8) is 0 Å². The summed E-state index contributed by atoms with van der Waals surface area (Å²) < 4.78 is 18.6. The molecule has 2 rings (SSSR count). The van der Waals surface area contributed by atoms with Crippen LogP contribution < -0.4 is 5.32 Å². The number of halogens is 2. The number of fused-ring (bicyclic) bond motifs is 1. The van der Waals surface area contributed by atoms with E-state index >= 15 is 0 Å². The fourth-order valence-corrected chi connectivity index (χ4v) is 1.57. The van der Waals surface area contributed by atoms with Crippen molar-refractivity contribution < 1.29 is 8.81 Å². The Balaban J connectivity index is 2.65. The lowest BCUT2D eigenvalue weighted by Crippen LogP contribution is -2.33. The van der Waals surface area contributed by atoms with E-state index < -0.39 is 11.4 Å². The van der Waals surface area contributed by atoms with Crippen LogP contribution in [-0.4, -0.2) is 12.0 Å². The Morgan fingerprint density at radius 1 is 1.44 bits per heavy atom. The predicted molar refractivity (Wildman–Crippen MR) is 61.1 cm³/mol. The number of nitrogens with zero attached hydrogens (tertiary/aromatic N) is 1. The van der Waals surface area contributed by atoms with Gasteiger partial charge in [-0.2, -0.15) is 0 Å². The number of hydrogen-bond donors (Lipinski definition) is 1. The third-order valence-electron chi connectivity index (χ3n) is 2.57. The van der Waals surface area contributed by atoms with E-state index in [0.717, 1.165) is 0 Å². The second-order valence-corrected chi connectivity index (χ2v) is 4.54. The molecule has 16 heavy (non-hydrogen) atoms. The molecule has 0 unspecified atom stereocenters. The largest absolute Gasteiger partial charge is 0.437 e. The van der Waals surface area contributed by atoms with Crippen molar-refractivity contribution in [2.75, 3.05) is 7.05 Å². The molecule has 0 bridgehead atoms. The summed E-state index contributed by atoms with van der Waals surface area (Å²) in [5, 5.41) is 3.30. The van der Waals surface area contributed by atoms with Crippen molar-refractivity contribution in [2.24, 2.45) is 0 Å². The minimum Gasteiger partial charge on any atom is -0.437 e. The summed E-state index contributed by atoms with van der Waals surface area (Å²) >= 11 is 5.87. The van der Waals surface area contributed by atoms with Gasteiger partial charge >= 0.3 is 0 Å². The average molecular weight is 243 g/mol. The van der Waals surface area contributed by atoms with Gasteiger partial charge in [0.25, 0.3) is 0 Å². The van der Waals surface area contributed by atoms with Gasteiger partial charge in [0, 0.05) is 6.07 Å². The Bertz CT molecular complexity index is 536. The molecule has 0 atom stereocenters. The molecule has 0 saturated carbocycles. The van der Waals surface area contributed by atoms with E-state index in [-0.39, 0.29) is 5.02 Å². The number of oxazole rings is 1. The molecule has 3 nitrogen and oxygen atoms in total. The maximum Gasteiger partial charge on any atom is 0.215 e. The van der Waals surface area contributed by atoms with E-state index in [1.54, 1.807) is 7.05 Å². The van der Waals surface area contributed by atoms with E-state index in [2.05, 4.69) is 10.3 Å². The van der Waals surface area contributed by atoms with Gasteiger partial charge in [-0.25, -0.2) is 9.37 Å². The van der Waals surface area contributed by atoms with Crippen molar-refractivity contribution in [1.29, 1.82) is 0 Å². The number of nitrogens with one attached hydrogen (secondary N) is 1. The number of rotatable bonds is 2. The van der Waals surface area contributed by atoms with Crippen LogP contribution in [0.4, 0.5) is 4.39 Å². The molecule has 0 saturated heterocycles. The molecule has 1 heterocycles. The summed E-state index contributed by atoms with van der Waals surface area (Å²) in [5.41, 5.74) is 0.434. The van der Waals surface area contributed by atoms with Gasteiger partial charge in [-0.05, 0) is 27.0 Å². The van der Waals surface area contributed by atoms with Gasteiger partial charge in [-0.15, -0.1) is 0 Å². The summed E-state index contributed by atoms with van der Waals surface area (Å²) in [6.45, 7) is 3.84. The standard InChI is InChI=1S/C11H12ClFN2O/c1-11(2,14-3)10-15-8-5-6(13)4-7(12)9(8)16-10/h4-5,14H,1-3H3. The molecular formula is C11H12ClFN2O. The van der Waals surface area contributed by atoms with Crippen LogP contribution in [0.1, 0.15) is 19.7 Å². The zero-order valence-electron chi connectivity index (χ0n) is 9.27. The van der Waals surface area contributed by atoms with Crippen LogP contribution in [0.15, 0.2) is 16.5 Å². The van der Waals surface area contributed by atoms with Crippen LogP contribution in [0.2, 0.25) is 5.02 Å². The molecule has 0 amide bonds. The first-order valence-corrected chi connectivity index (χ1v) is 5.27. The van der Waals surface area contributed by atoms with E-state index in [4.69, 9.17) is 16.0 Å². The van der Waals surface area contributed by atoms with Gasteiger partial charge in [0.15, 0.2) is 5.58 Å². The molecule has 1 N–H and O–H groups in total. The molecule has 1 aromatic heterocycles. The second kappa shape index (κ2) is 3.71. The van der Waals surface area contributed by atoms with Crippen molar-refractivity contribution >= 4 is 22.7 Å². The predicted octanol–water partition coefficient (Wildman–Crippen LogP) is 3.07. The van der Waals surface area contributed by atoms with Gasteiger partial charge < -0.3 is 9.73 Å². The van der Waals surface area contributed by atoms with Crippen LogP contribution >= 0.6 is 11.6 Å².